The molecule has 0 aliphatic heterocycles. The second kappa shape index (κ2) is 9.44. The summed E-state index contributed by atoms with van der Waals surface area (Å²) >= 11 is 1.26. The van der Waals surface area contributed by atoms with Crippen molar-refractivity contribution >= 4 is 33.5 Å². The van der Waals surface area contributed by atoms with Crippen LogP contribution in [0.15, 0.2) is 34.4 Å². The fourth-order valence-corrected chi connectivity index (χ4v) is 3.56. The molecule has 0 atom stereocenters. The van der Waals surface area contributed by atoms with Gasteiger partial charge in [0.2, 0.25) is 5.82 Å². The van der Waals surface area contributed by atoms with Crippen molar-refractivity contribution in [1.29, 1.82) is 0 Å². The van der Waals surface area contributed by atoms with Crippen LogP contribution in [-0.2, 0) is 27.4 Å². The lowest BCUT2D eigenvalue weighted by Crippen LogP contribution is -2.17. The molecule has 0 bridgehead atoms. The van der Waals surface area contributed by atoms with E-state index in [2.05, 4.69) is 9.97 Å². The number of carbonyl (C=O) groups excluding carboxylic acids is 2. The van der Waals surface area contributed by atoms with Crippen LogP contribution in [0.5, 0.6) is 0 Å². The van der Waals surface area contributed by atoms with Crippen molar-refractivity contribution in [2.45, 2.75) is 27.1 Å². The first-order valence-corrected chi connectivity index (χ1v) is 9.92. The van der Waals surface area contributed by atoms with E-state index >= 15 is 0 Å². The van der Waals surface area contributed by atoms with Gasteiger partial charge < -0.3 is 19.2 Å². The van der Waals surface area contributed by atoms with Crippen LogP contribution in [0, 0.1) is 0 Å². The number of aromatic nitrogens is 2. The van der Waals surface area contributed by atoms with Crippen LogP contribution in [-0.4, -0.2) is 35.1 Å². The molecule has 9 heteroatoms. The molecule has 0 aliphatic rings. The molecule has 2 aromatic heterocycles. The van der Waals surface area contributed by atoms with E-state index < -0.39 is 11.5 Å². The molecule has 1 aromatic carbocycles. The monoisotopic (exact) mass is 416 g/mol. The largest absolute Gasteiger partial charge is 0.462 e. The standard InChI is InChI=1S/C20H20N2O6S/c1-3-27-19(24)13-7-5-12(6-8-13)9-26-10-14-11-29-18-15(14)17(23)21-16(22-18)20(25)28-4-2/h5-8,11H,3-4,9-10H2,1-2H3,(H,21,22,23). The first-order chi connectivity index (χ1) is 14.0. The summed E-state index contributed by atoms with van der Waals surface area (Å²) in [5, 5.41) is 2.19. The van der Waals surface area contributed by atoms with E-state index in [9.17, 15) is 14.4 Å². The number of esters is 2. The Labute approximate surface area is 170 Å². The van der Waals surface area contributed by atoms with Gasteiger partial charge in [-0.15, -0.1) is 11.3 Å². The first kappa shape index (κ1) is 20.7. The van der Waals surface area contributed by atoms with Gasteiger partial charge in [0.1, 0.15) is 4.83 Å². The highest BCUT2D eigenvalue weighted by Gasteiger charge is 2.16. The van der Waals surface area contributed by atoms with Crippen LogP contribution in [0.3, 0.4) is 0 Å². The van der Waals surface area contributed by atoms with Gasteiger partial charge in [-0.25, -0.2) is 14.6 Å². The summed E-state index contributed by atoms with van der Waals surface area (Å²) in [5.41, 5.74) is 1.65. The third-order valence-corrected chi connectivity index (χ3v) is 4.90. The van der Waals surface area contributed by atoms with Gasteiger partial charge in [-0.2, -0.15) is 0 Å². The molecule has 8 nitrogen and oxygen atoms in total. The topological polar surface area (TPSA) is 108 Å². The Morgan fingerprint density at radius 3 is 2.41 bits per heavy atom. The minimum absolute atomic E-state index is 0.111. The Morgan fingerprint density at radius 2 is 1.72 bits per heavy atom. The number of rotatable bonds is 8. The summed E-state index contributed by atoms with van der Waals surface area (Å²) in [7, 11) is 0. The average molecular weight is 416 g/mol. The van der Waals surface area contributed by atoms with Crippen LogP contribution in [0.1, 0.15) is 46.0 Å². The number of carbonyl (C=O) groups is 2. The van der Waals surface area contributed by atoms with Crippen LogP contribution < -0.4 is 5.56 Å². The van der Waals surface area contributed by atoms with E-state index in [0.29, 0.717) is 34.6 Å². The smallest absolute Gasteiger partial charge is 0.374 e. The molecule has 1 N–H and O–H groups in total. The van der Waals surface area contributed by atoms with E-state index in [1.165, 1.54) is 11.3 Å². The Morgan fingerprint density at radius 1 is 1.03 bits per heavy atom. The second-order valence-electron chi connectivity index (χ2n) is 5.99. The van der Waals surface area contributed by atoms with Crippen LogP contribution in [0.2, 0.25) is 0 Å². The van der Waals surface area contributed by atoms with Crippen molar-refractivity contribution < 1.29 is 23.8 Å². The molecular weight excluding hydrogens is 396 g/mol. The third-order valence-electron chi connectivity index (χ3n) is 3.98. The number of nitrogens with one attached hydrogen (secondary N) is 1. The van der Waals surface area contributed by atoms with Gasteiger partial charge in [0.25, 0.3) is 5.56 Å². The molecule has 0 saturated carbocycles. The maximum absolute atomic E-state index is 12.4. The molecule has 0 radical (unpaired) electrons. The van der Waals surface area contributed by atoms with Gasteiger partial charge in [0.15, 0.2) is 0 Å². The number of nitrogens with zero attached hydrogens (tertiary/aromatic N) is 1. The van der Waals surface area contributed by atoms with Gasteiger partial charge >= 0.3 is 11.9 Å². The van der Waals surface area contributed by atoms with Gasteiger partial charge in [-0.1, -0.05) is 12.1 Å². The molecule has 0 aliphatic carbocycles. The lowest BCUT2D eigenvalue weighted by Gasteiger charge is -2.06. The highest BCUT2D eigenvalue weighted by molar-refractivity contribution is 7.16. The minimum Gasteiger partial charge on any atom is -0.462 e. The van der Waals surface area contributed by atoms with E-state index in [4.69, 9.17) is 14.2 Å². The van der Waals surface area contributed by atoms with Gasteiger partial charge in [-0.05, 0) is 36.9 Å². The summed E-state index contributed by atoms with van der Waals surface area (Å²) < 4.78 is 15.5. The van der Waals surface area contributed by atoms with E-state index in [-0.39, 0.29) is 25.0 Å². The Hall–Kier alpha value is -3.04. The van der Waals surface area contributed by atoms with Crippen LogP contribution >= 0.6 is 11.3 Å². The molecule has 0 unspecified atom stereocenters. The summed E-state index contributed by atoms with van der Waals surface area (Å²) in [6, 6.07) is 6.94. The molecule has 0 amide bonds. The predicted molar refractivity (Wildman–Crippen MR) is 107 cm³/mol. The van der Waals surface area contributed by atoms with Crippen LogP contribution in [0.4, 0.5) is 0 Å². The maximum atomic E-state index is 12.4. The zero-order valence-electron chi connectivity index (χ0n) is 16.0. The lowest BCUT2D eigenvalue weighted by atomic mass is 10.1. The number of hydrogen-bond donors (Lipinski definition) is 1. The fraction of sp³-hybridized carbons (Fsp3) is 0.300. The maximum Gasteiger partial charge on any atom is 0.374 e. The SMILES string of the molecule is CCOC(=O)c1ccc(COCc2csc3nc(C(=O)OCC)[nH]c(=O)c23)cc1. The molecule has 0 spiro atoms. The molecule has 3 aromatic rings. The number of thiophene rings is 1. The van der Waals surface area contributed by atoms with Crippen molar-refractivity contribution in [3.8, 4) is 0 Å². The zero-order valence-corrected chi connectivity index (χ0v) is 16.8. The molecule has 0 saturated heterocycles. The van der Waals surface area contributed by atoms with Crippen molar-refractivity contribution in [3.05, 3.63) is 62.5 Å². The quantitative estimate of drug-likeness (QED) is 0.562. The Bertz CT molecular complexity index is 1070. The number of hydrogen-bond acceptors (Lipinski definition) is 8. The molecule has 3 rings (SSSR count). The molecular formula is C20H20N2O6S. The fourth-order valence-electron chi connectivity index (χ4n) is 2.64. The molecule has 152 valence electrons. The van der Waals surface area contributed by atoms with Crippen molar-refractivity contribution in [3.63, 3.8) is 0 Å². The highest BCUT2D eigenvalue weighted by Crippen LogP contribution is 2.22. The summed E-state index contributed by atoms with van der Waals surface area (Å²) in [5.74, 6) is -1.14. The number of ether oxygens (including phenoxy) is 3. The minimum atomic E-state index is -0.663. The normalized spacial score (nSPS) is 10.8. The van der Waals surface area contributed by atoms with Crippen molar-refractivity contribution in [1.82, 2.24) is 9.97 Å². The summed E-state index contributed by atoms with van der Waals surface area (Å²) in [4.78, 5) is 42.9. The predicted octanol–water partition coefficient (Wildman–Crippen LogP) is 3.05. The highest BCUT2D eigenvalue weighted by atomic mass is 32.1. The number of benzene rings is 1. The summed E-state index contributed by atoms with van der Waals surface area (Å²) in [6.07, 6.45) is 0. The third kappa shape index (κ3) is 4.87. The Balaban J connectivity index is 1.66. The van der Waals surface area contributed by atoms with Gasteiger partial charge in [-0.3, -0.25) is 4.79 Å². The second-order valence-corrected chi connectivity index (χ2v) is 6.84. The number of H-pyrrole nitrogens is 1. The first-order valence-electron chi connectivity index (χ1n) is 9.04. The lowest BCUT2D eigenvalue weighted by molar-refractivity contribution is 0.0507. The molecule has 2 heterocycles. The van der Waals surface area contributed by atoms with Crippen molar-refractivity contribution in [2.24, 2.45) is 0 Å². The van der Waals surface area contributed by atoms with E-state index in [1.807, 2.05) is 0 Å². The average Bonchev–Trinajstić information content (AvgIpc) is 3.12. The van der Waals surface area contributed by atoms with Gasteiger partial charge in [0.05, 0.1) is 37.4 Å². The zero-order chi connectivity index (χ0) is 20.8. The van der Waals surface area contributed by atoms with E-state index in [1.54, 1.807) is 43.5 Å². The summed E-state index contributed by atoms with van der Waals surface area (Å²) in [6.45, 7) is 4.49. The van der Waals surface area contributed by atoms with Crippen molar-refractivity contribution in [2.75, 3.05) is 13.2 Å². The van der Waals surface area contributed by atoms with E-state index in [0.717, 1.165) is 5.56 Å². The number of aromatic amines is 1. The Kier molecular flexibility index (Phi) is 6.73. The number of fused-ring (bicyclic) bond motifs is 1. The molecule has 29 heavy (non-hydrogen) atoms. The molecule has 0 fully saturated rings. The van der Waals surface area contributed by atoms with Gasteiger partial charge in [0, 0.05) is 5.56 Å². The van der Waals surface area contributed by atoms with Crippen LogP contribution in [0.25, 0.3) is 10.2 Å².